The van der Waals surface area contributed by atoms with Crippen molar-refractivity contribution in [2.24, 2.45) is 5.92 Å². The van der Waals surface area contributed by atoms with Crippen molar-refractivity contribution in [3.05, 3.63) is 77.7 Å². The number of esters is 1. The molecule has 0 spiro atoms. The van der Waals surface area contributed by atoms with Crippen LogP contribution in [0.3, 0.4) is 0 Å². The number of carbonyl (C=O) groups is 2. The highest BCUT2D eigenvalue weighted by Gasteiger charge is 2.45. The largest absolute Gasteiger partial charge is 0.458 e. The first-order chi connectivity index (χ1) is 20.0. The normalized spacial score (nSPS) is 17.3. The Balaban J connectivity index is 1.41. The summed E-state index contributed by atoms with van der Waals surface area (Å²) in [5.74, 6) is 0.232. The van der Waals surface area contributed by atoms with E-state index in [2.05, 4.69) is 50.7 Å². The van der Waals surface area contributed by atoms with Gasteiger partial charge in [0.05, 0.1) is 5.56 Å². The Hall–Kier alpha value is -3.98. The summed E-state index contributed by atoms with van der Waals surface area (Å²) >= 11 is 0. The number of ether oxygens (including phenoxy) is 1. The number of nitrogens with zero attached hydrogens (tertiary/aromatic N) is 3. The highest BCUT2D eigenvalue weighted by molar-refractivity contribution is 6.07. The van der Waals surface area contributed by atoms with Crippen LogP contribution >= 0.6 is 0 Å². The molecule has 1 unspecified atom stereocenters. The average molecular weight is 571 g/mol. The van der Waals surface area contributed by atoms with E-state index >= 15 is 0 Å². The number of nitrogens with one attached hydrogen (secondary N) is 3. The van der Waals surface area contributed by atoms with Gasteiger partial charge >= 0.3 is 5.97 Å². The molecule has 0 saturated carbocycles. The summed E-state index contributed by atoms with van der Waals surface area (Å²) in [4.78, 5) is 37.9. The highest BCUT2D eigenvalue weighted by Crippen LogP contribution is 2.45. The minimum absolute atomic E-state index is 0.168. The predicted molar refractivity (Wildman–Crippen MR) is 166 cm³/mol. The molecule has 1 saturated heterocycles. The summed E-state index contributed by atoms with van der Waals surface area (Å²) in [7, 11) is 0. The van der Waals surface area contributed by atoms with Crippen LogP contribution in [0.1, 0.15) is 68.9 Å². The smallest absolute Gasteiger partial charge is 0.329 e. The van der Waals surface area contributed by atoms with E-state index in [1.165, 1.54) is 0 Å². The van der Waals surface area contributed by atoms with Crippen molar-refractivity contribution >= 4 is 29.1 Å². The van der Waals surface area contributed by atoms with Crippen molar-refractivity contribution in [2.75, 3.05) is 35.2 Å². The van der Waals surface area contributed by atoms with Crippen molar-refractivity contribution in [3.63, 3.8) is 0 Å². The SMILES string of the molecule is CC(C)(C)OC(=O)C(C1CCNCC1)N1CC(C)(C)c2ccc(NC(=O)c3cccnc3NCc3ccncc3)cc21. The second-order valence-corrected chi connectivity index (χ2v) is 12.9. The standard InChI is InChI=1S/C33H42N6O3/c1-32(2,3)42-31(41)28(23-12-17-35-18-13-23)39-21-33(4,5)26-9-8-24(19-27(26)39)38-30(40)25-7-6-14-36-29(25)37-20-22-10-15-34-16-11-22/h6-11,14-16,19,23,28,35H,12-13,17-18,20-21H2,1-5H3,(H,36,37)(H,38,40). The van der Waals surface area contributed by atoms with E-state index in [-0.39, 0.29) is 23.2 Å². The number of rotatable bonds is 8. The molecule has 222 valence electrons. The second kappa shape index (κ2) is 12.1. The van der Waals surface area contributed by atoms with Gasteiger partial charge in [0, 0.05) is 48.5 Å². The molecule has 9 nitrogen and oxygen atoms in total. The lowest BCUT2D eigenvalue weighted by atomic mass is 9.86. The predicted octanol–water partition coefficient (Wildman–Crippen LogP) is 5.15. The lowest BCUT2D eigenvalue weighted by Gasteiger charge is -2.38. The van der Waals surface area contributed by atoms with Crippen LogP contribution < -0.4 is 20.9 Å². The molecule has 1 aromatic carbocycles. The number of piperidine rings is 1. The molecule has 2 aliphatic heterocycles. The number of anilines is 3. The molecule has 9 heteroatoms. The fourth-order valence-corrected chi connectivity index (χ4v) is 5.97. The molecular formula is C33H42N6O3. The summed E-state index contributed by atoms with van der Waals surface area (Å²) in [5, 5.41) is 9.77. The lowest BCUT2D eigenvalue weighted by molar-refractivity contribution is -0.158. The van der Waals surface area contributed by atoms with Gasteiger partial charge in [-0.15, -0.1) is 0 Å². The van der Waals surface area contributed by atoms with Crippen LogP contribution in [0.15, 0.2) is 61.1 Å². The van der Waals surface area contributed by atoms with Crippen molar-refractivity contribution in [1.29, 1.82) is 0 Å². The molecule has 42 heavy (non-hydrogen) atoms. The Morgan fingerprint density at radius 1 is 1.10 bits per heavy atom. The molecule has 2 aromatic heterocycles. The van der Waals surface area contributed by atoms with Crippen LogP contribution in [-0.2, 0) is 21.5 Å². The summed E-state index contributed by atoms with van der Waals surface area (Å²) < 4.78 is 5.98. The quantitative estimate of drug-likeness (QED) is 0.319. The summed E-state index contributed by atoms with van der Waals surface area (Å²) in [6.07, 6.45) is 6.95. The summed E-state index contributed by atoms with van der Waals surface area (Å²) in [5.41, 5.74) is 3.53. The maximum atomic E-state index is 13.7. The molecular weight excluding hydrogens is 528 g/mol. The molecule has 0 radical (unpaired) electrons. The number of amides is 1. The molecule has 2 aliphatic rings. The van der Waals surface area contributed by atoms with Crippen LogP contribution in [0.25, 0.3) is 0 Å². The Morgan fingerprint density at radius 2 is 1.83 bits per heavy atom. The third kappa shape index (κ3) is 6.73. The van der Waals surface area contributed by atoms with Gasteiger partial charge < -0.3 is 25.6 Å². The third-order valence-corrected chi connectivity index (χ3v) is 7.94. The molecule has 1 amide bonds. The number of hydrogen-bond donors (Lipinski definition) is 3. The van der Waals surface area contributed by atoms with Crippen molar-refractivity contribution in [2.45, 2.75) is 71.1 Å². The van der Waals surface area contributed by atoms with E-state index in [0.717, 1.165) is 42.7 Å². The van der Waals surface area contributed by atoms with Crippen LogP contribution in [0.5, 0.6) is 0 Å². The lowest BCUT2D eigenvalue weighted by Crippen LogP contribution is -2.52. The molecule has 1 atom stereocenters. The number of pyridine rings is 2. The molecule has 3 aromatic rings. The second-order valence-electron chi connectivity index (χ2n) is 12.9. The van der Waals surface area contributed by atoms with Gasteiger partial charge in [-0.2, -0.15) is 0 Å². The van der Waals surface area contributed by atoms with Crippen LogP contribution in [-0.4, -0.2) is 53.1 Å². The number of hydrogen-bond acceptors (Lipinski definition) is 8. The molecule has 3 N–H and O–H groups in total. The van der Waals surface area contributed by atoms with Gasteiger partial charge in [-0.05, 0) is 100 Å². The minimum atomic E-state index is -0.580. The summed E-state index contributed by atoms with van der Waals surface area (Å²) in [6.45, 7) is 13.1. The Bertz CT molecular complexity index is 1410. The number of carbonyl (C=O) groups excluding carboxylic acids is 2. The van der Waals surface area contributed by atoms with Crippen molar-refractivity contribution in [3.8, 4) is 0 Å². The van der Waals surface area contributed by atoms with Crippen molar-refractivity contribution < 1.29 is 14.3 Å². The first kappa shape index (κ1) is 29.5. The van der Waals surface area contributed by atoms with E-state index in [0.29, 0.717) is 30.2 Å². The van der Waals surface area contributed by atoms with E-state index in [1.54, 1.807) is 30.7 Å². The maximum absolute atomic E-state index is 13.7. The zero-order valence-corrected chi connectivity index (χ0v) is 25.2. The molecule has 1 fully saturated rings. The Labute approximate surface area is 248 Å². The number of benzene rings is 1. The van der Waals surface area contributed by atoms with Crippen LogP contribution in [0.2, 0.25) is 0 Å². The molecule has 0 bridgehead atoms. The Morgan fingerprint density at radius 3 is 2.55 bits per heavy atom. The van der Waals surface area contributed by atoms with Gasteiger partial charge in [-0.3, -0.25) is 9.78 Å². The van der Waals surface area contributed by atoms with Gasteiger partial charge in [0.2, 0.25) is 0 Å². The minimum Gasteiger partial charge on any atom is -0.458 e. The van der Waals surface area contributed by atoms with Gasteiger partial charge in [-0.25, -0.2) is 9.78 Å². The first-order valence-electron chi connectivity index (χ1n) is 14.8. The molecule has 4 heterocycles. The summed E-state index contributed by atoms with van der Waals surface area (Å²) in [6, 6.07) is 13.0. The van der Waals surface area contributed by atoms with E-state index in [4.69, 9.17) is 4.74 Å². The molecule has 0 aliphatic carbocycles. The average Bonchev–Trinajstić information content (AvgIpc) is 3.21. The van der Waals surface area contributed by atoms with Gasteiger partial charge in [0.25, 0.3) is 5.91 Å². The van der Waals surface area contributed by atoms with Crippen LogP contribution in [0.4, 0.5) is 17.2 Å². The van der Waals surface area contributed by atoms with E-state index in [1.807, 2.05) is 45.0 Å². The highest BCUT2D eigenvalue weighted by atomic mass is 16.6. The van der Waals surface area contributed by atoms with Gasteiger partial charge in [-0.1, -0.05) is 19.9 Å². The fourth-order valence-electron chi connectivity index (χ4n) is 5.97. The monoisotopic (exact) mass is 570 g/mol. The Kier molecular flexibility index (Phi) is 8.50. The van der Waals surface area contributed by atoms with Crippen LogP contribution in [0, 0.1) is 5.92 Å². The van der Waals surface area contributed by atoms with Gasteiger partial charge in [0.15, 0.2) is 0 Å². The van der Waals surface area contributed by atoms with E-state index in [9.17, 15) is 9.59 Å². The number of fused-ring (bicyclic) bond motifs is 1. The van der Waals surface area contributed by atoms with E-state index < -0.39 is 11.6 Å². The maximum Gasteiger partial charge on any atom is 0.329 e. The molecule has 5 rings (SSSR count). The zero-order valence-electron chi connectivity index (χ0n) is 25.2. The number of aromatic nitrogens is 2. The van der Waals surface area contributed by atoms with Crippen molar-refractivity contribution in [1.82, 2.24) is 15.3 Å². The van der Waals surface area contributed by atoms with Gasteiger partial charge in [0.1, 0.15) is 17.5 Å². The fraction of sp³-hybridized carbons (Fsp3) is 0.455. The topological polar surface area (TPSA) is 108 Å². The third-order valence-electron chi connectivity index (χ3n) is 7.94. The zero-order chi connectivity index (χ0) is 29.9. The first-order valence-corrected chi connectivity index (χ1v) is 14.8.